The average Bonchev–Trinajstić information content (AvgIpc) is 3.23. The molecule has 1 saturated heterocycles. The van der Waals surface area contributed by atoms with E-state index in [-0.39, 0.29) is 5.91 Å². The summed E-state index contributed by atoms with van der Waals surface area (Å²) < 4.78 is 11.2. The largest absolute Gasteiger partial charge is 0.460 e. The Bertz CT molecular complexity index is 1080. The molecule has 0 aliphatic carbocycles. The number of nitrogens with zero attached hydrogens (tertiary/aromatic N) is 2. The fourth-order valence-corrected chi connectivity index (χ4v) is 4.70. The van der Waals surface area contributed by atoms with Crippen molar-refractivity contribution in [2.75, 3.05) is 26.2 Å². The third-order valence-corrected chi connectivity index (χ3v) is 6.32. The summed E-state index contributed by atoms with van der Waals surface area (Å²) in [6, 6.07) is 17.6. The van der Waals surface area contributed by atoms with Gasteiger partial charge >= 0.3 is 5.97 Å². The van der Waals surface area contributed by atoms with Crippen molar-refractivity contribution in [2.45, 2.75) is 45.7 Å². The van der Waals surface area contributed by atoms with E-state index in [4.69, 9.17) is 9.15 Å². The minimum absolute atomic E-state index is 0.0986. The van der Waals surface area contributed by atoms with Gasteiger partial charge in [0, 0.05) is 42.2 Å². The summed E-state index contributed by atoms with van der Waals surface area (Å²) in [4.78, 5) is 29.8. The van der Waals surface area contributed by atoms with Gasteiger partial charge in [0.15, 0.2) is 0 Å². The molecule has 1 aliphatic rings. The van der Waals surface area contributed by atoms with Gasteiger partial charge in [-0.05, 0) is 50.9 Å². The van der Waals surface area contributed by atoms with Crippen LogP contribution in [0.2, 0.25) is 0 Å². The van der Waals surface area contributed by atoms with Gasteiger partial charge in [0.25, 0.3) is 5.91 Å². The predicted octanol–water partition coefficient (Wildman–Crippen LogP) is 5.13. The van der Waals surface area contributed by atoms with E-state index in [0.29, 0.717) is 30.5 Å². The predicted molar refractivity (Wildman–Crippen MR) is 128 cm³/mol. The Morgan fingerprint density at radius 2 is 1.73 bits per heavy atom. The molecule has 6 nitrogen and oxygen atoms in total. The van der Waals surface area contributed by atoms with E-state index in [9.17, 15) is 9.59 Å². The number of furan rings is 1. The van der Waals surface area contributed by atoms with Crippen LogP contribution in [0.15, 0.2) is 59.0 Å². The number of carbonyl (C=O) groups excluding carboxylic acids is 2. The molecule has 0 atom stereocenters. The zero-order valence-electron chi connectivity index (χ0n) is 19.5. The minimum atomic E-state index is -0.413. The smallest absolute Gasteiger partial charge is 0.374 e. The molecule has 33 heavy (non-hydrogen) atoms. The van der Waals surface area contributed by atoms with Crippen molar-refractivity contribution in [2.24, 2.45) is 0 Å². The molecule has 0 spiro atoms. The molecule has 0 unspecified atom stereocenters. The van der Waals surface area contributed by atoms with Crippen LogP contribution in [0.25, 0.3) is 11.0 Å². The van der Waals surface area contributed by atoms with Crippen LogP contribution < -0.4 is 0 Å². The Balaban J connectivity index is 1.51. The van der Waals surface area contributed by atoms with Crippen LogP contribution >= 0.6 is 0 Å². The molecule has 0 radical (unpaired) electrons. The van der Waals surface area contributed by atoms with Crippen LogP contribution in [0.4, 0.5) is 0 Å². The number of amides is 1. The second-order valence-electron chi connectivity index (χ2n) is 8.49. The first-order valence-corrected chi connectivity index (χ1v) is 11.9. The summed E-state index contributed by atoms with van der Waals surface area (Å²) in [6.07, 6.45) is 2.82. The molecule has 0 saturated carbocycles. The van der Waals surface area contributed by atoms with Crippen molar-refractivity contribution in [3.05, 3.63) is 71.5 Å². The highest BCUT2D eigenvalue weighted by atomic mass is 16.5. The highest BCUT2D eigenvalue weighted by molar-refractivity contribution is 5.96. The number of hydrogen-bond acceptors (Lipinski definition) is 5. The Kier molecular flexibility index (Phi) is 7.45. The van der Waals surface area contributed by atoms with E-state index in [1.165, 1.54) is 0 Å². The van der Waals surface area contributed by atoms with E-state index >= 15 is 0 Å². The van der Waals surface area contributed by atoms with Gasteiger partial charge in [-0.25, -0.2) is 4.79 Å². The second kappa shape index (κ2) is 10.7. The highest BCUT2D eigenvalue weighted by Crippen LogP contribution is 2.30. The normalized spacial score (nSPS) is 14.7. The quantitative estimate of drug-likeness (QED) is 0.447. The van der Waals surface area contributed by atoms with Crippen molar-refractivity contribution in [1.82, 2.24) is 9.80 Å². The molecule has 0 bridgehead atoms. The summed E-state index contributed by atoms with van der Waals surface area (Å²) in [5, 5.41) is 0.957. The zero-order chi connectivity index (χ0) is 23.2. The summed E-state index contributed by atoms with van der Waals surface area (Å²) in [5.41, 5.74) is 2.33. The Hall–Kier alpha value is -3.12. The molecule has 0 N–H and O–H groups in total. The van der Waals surface area contributed by atoms with E-state index in [2.05, 4.69) is 11.8 Å². The van der Waals surface area contributed by atoms with E-state index in [0.717, 1.165) is 55.4 Å². The number of ether oxygens (including phenoxy) is 1. The first-order chi connectivity index (χ1) is 16.1. The summed E-state index contributed by atoms with van der Waals surface area (Å²) in [6.45, 7) is 7.27. The molecule has 174 valence electrons. The van der Waals surface area contributed by atoms with Gasteiger partial charge in [-0.3, -0.25) is 9.69 Å². The van der Waals surface area contributed by atoms with E-state index < -0.39 is 5.97 Å². The first-order valence-electron chi connectivity index (χ1n) is 11.9. The lowest BCUT2D eigenvalue weighted by molar-refractivity contribution is 0.0482. The molecule has 1 amide bonds. The van der Waals surface area contributed by atoms with Crippen LogP contribution in [0.1, 0.15) is 59.6 Å². The third-order valence-electron chi connectivity index (χ3n) is 6.32. The van der Waals surface area contributed by atoms with Crippen LogP contribution in [-0.4, -0.2) is 54.0 Å². The van der Waals surface area contributed by atoms with E-state index in [1.807, 2.05) is 59.5 Å². The van der Waals surface area contributed by atoms with Crippen molar-refractivity contribution >= 4 is 22.8 Å². The number of para-hydroxylation sites is 1. The lowest BCUT2D eigenvalue weighted by Crippen LogP contribution is -2.46. The summed E-state index contributed by atoms with van der Waals surface area (Å²) >= 11 is 0. The molecule has 2 aromatic carbocycles. The summed E-state index contributed by atoms with van der Waals surface area (Å²) in [7, 11) is 0. The number of esters is 1. The first kappa shape index (κ1) is 23.1. The van der Waals surface area contributed by atoms with Gasteiger partial charge in [0.1, 0.15) is 5.58 Å². The van der Waals surface area contributed by atoms with Crippen LogP contribution in [0, 0.1) is 0 Å². The van der Waals surface area contributed by atoms with Gasteiger partial charge in [-0.1, -0.05) is 43.3 Å². The molecule has 3 aromatic rings. The molecular weight excluding hydrogens is 416 g/mol. The number of piperidine rings is 1. The van der Waals surface area contributed by atoms with Gasteiger partial charge in [0.2, 0.25) is 5.76 Å². The average molecular weight is 449 g/mol. The van der Waals surface area contributed by atoms with Crippen LogP contribution in [-0.2, 0) is 11.3 Å². The molecule has 1 fully saturated rings. The lowest BCUT2D eigenvalue weighted by Gasteiger charge is -2.38. The number of carbonyl (C=O) groups is 2. The fourth-order valence-electron chi connectivity index (χ4n) is 4.70. The Labute approximate surface area is 195 Å². The van der Waals surface area contributed by atoms with Gasteiger partial charge in [-0.15, -0.1) is 0 Å². The van der Waals surface area contributed by atoms with Crippen molar-refractivity contribution in [3.63, 3.8) is 0 Å². The molecule has 6 heteroatoms. The number of fused-ring (bicyclic) bond motifs is 1. The van der Waals surface area contributed by atoms with Crippen molar-refractivity contribution in [3.8, 4) is 0 Å². The maximum absolute atomic E-state index is 12.8. The van der Waals surface area contributed by atoms with E-state index in [1.54, 1.807) is 6.92 Å². The van der Waals surface area contributed by atoms with Crippen LogP contribution in [0.5, 0.6) is 0 Å². The van der Waals surface area contributed by atoms with Gasteiger partial charge in [0.05, 0.1) is 6.61 Å². The van der Waals surface area contributed by atoms with Gasteiger partial charge in [-0.2, -0.15) is 0 Å². The summed E-state index contributed by atoms with van der Waals surface area (Å²) in [5.74, 6) is -0.0132. The molecule has 1 aliphatic heterocycles. The number of benzene rings is 2. The maximum atomic E-state index is 12.8. The molecular formula is C27H32N2O4. The SMILES string of the molecule is CCCN(Cc1c(C(=O)OCC)oc2ccccc12)C1CCN(C(=O)c2ccccc2)CC1. The highest BCUT2D eigenvalue weighted by Gasteiger charge is 2.30. The third kappa shape index (κ3) is 5.11. The van der Waals surface area contributed by atoms with Crippen molar-refractivity contribution < 1.29 is 18.7 Å². The number of likely N-dealkylation sites (tertiary alicyclic amines) is 1. The number of hydrogen-bond donors (Lipinski definition) is 0. The number of rotatable bonds is 8. The molecule has 4 rings (SSSR count). The van der Waals surface area contributed by atoms with Crippen LogP contribution in [0.3, 0.4) is 0 Å². The molecule has 1 aromatic heterocycles. The van der Waals surface area contributed by atoms with Crippen molar-refractivity contribution in [1.29, 1.82) is 0 Å². The Morgan fingerprint density at radius 1 is 1.03 bits per heavy atom. The standard InChI is InChI=1S/C27H32N2O4/c1-3-16-29(21-14-17-28(18-15-21)26(30)20-10-6-5-7-11-20)19-23-22-12-8-9-13-24(22)33-25(23)27(31)32-4-2/h5-13,21H,3-4,14-19H2,1-2H3. The Morgan fingerprint density at radius 3 is 2.42 bits per heavy atom. The topological polar surface area (TPSA) is 63.0 Å². The fraction of sp³-hybridized carbons (Fsp3) is 0.407. The molecule has 2 heterocycles. The second-order valence-corrected chi connectivity index (χ2v) is 8.49. The minimum Gasteiger partial charge on any atom is -0.460 e. The maximum Gasteiger partial charge on any atom is 0.374 e. The zero-order valence-corrected chi connectivity index (χ0v) is 19.5. The van der Waals surface area contributed by atoms with Gasteiger partial charge < -0.3 is 14.1 Å². The monoisotopic (exact) mass is 448 g/mol. The lowest BCUT2D eigenvalue weighted by atomic mass is 10.00.